The molecule has 0 radical (unpaired) electrons. The molecule has 0 fully saturated rings. The van der Waals surface area contributed by atoms with Gasteiger partial charge >= 0.3 is 0 Å². The summed E-state index contributed by atoms with van der Waals surface area (Å²) in [7, 11) is 0. The topological polar surface area (TPSA) is 33.3 Å². The van der Waals surface area contributed by atoms with Gasteiger partial charge in [0, 0.05) is 28.5 Å². The van der Waals surface area contributed by atoms with Gasteiger partial charge in [-0.3, -0.25) is 0 Å². The molecule has 5 aromatic carbocycles. The average molecular weight is 671 g/mol. The number of ether oxygens (including phenoxy) is 1. The number of hydrogen-bond donors (Lipinski definition) is 2. The van der Waals surface area contributed by atoms with E-state index in [4.69, 9.17) is 4.74 Å². The lowest BCUT2D eigenvalue weighted by Crippen LogP contribution is -2.32. The molecule has 4 aliphatic carbocycles. The molecule has 2 N–H and O–H groups in total. The van der Waals surface area contributed by atoms with E-state index in [1.165, 1.54) is 71.8 Å². The molecule has 0 spiro atoms. The molecule has 2 aliphatic heterocycles. The van der Waals surface area contributed by atoms with Crippen LogP contribution in [0.3, 0.4) is 0 Å². The highest BCUT2D eigenvalue weighted by molar-refractivity contribution is 6.14. The maximum absolute atomic E-state index is 6.77. The van der Waals surface area contributed by atoms with Gasteiger partial charge in [0.2, 0.25) is 0 Å². The van der Waals surface area contributed by atoms with Crippen LogP contribution in [0.2, 0.25) is 0 Å². The predicted molar refractivity (Wildman–Crippen MR) is 216 cm³/mol. The van der Waals surface area contributed by atoms with Gasteiger partial charge in [-0.25, -0.2) is 0 Å². The molecule has 5 aromatic rings. The van der Waals surface area contributed by atoms with Gasteiger partial charge in [-0.1, -0.05) is 129 Å². The largest absolute Gasteiger partial charge is 0.464 e. The minimum Gasteiger partial charge on any atom is -0.464 e. The first-order valence-electron chi connectivity index (χ1n) is 18.5. The maximum Gasteiger partial charge on any atom is 0.198 e. The van der Waals surface area contributed by atoms with Gasteiger partial charge in [0.1, 0.15) is 0 Å². The fourth-order valence-electron chi connectivity index (χ4n) is 9.25. The zero-order valence-corrected chi connectivity index (χ0v) is 29.3. The number of rotatable bonds is 3. The van der Waals surface area contributed by atoms with Crippen molar-refractivity contribution in [2.24, 2.45) is 5.92 Å². The molecule has 2 heterocycles. The third-order valence-corrected chi connectivity index (χ3v) is 12.1. The van der Waals surface area contributed by atoms with E-state index >= 15 is 0 Å². The standard InChI is InChI=1S/C49H38N2O/c1-49(2)42-27-36(18-20-39(42)41-25-33-8-3-4-9-34(33)26-43(41)49)32-12-7-11-31(22-32)35-17-15-29-14-16-30-19-21-45-47(46(30)40(29)24-35)52-48(51-45)38-23-37-10-5-6-13-44(37)50-28-38/h3-24,26-28,33,44,48,50-51H,25H2,1-2H3. The van der Waals surface area contributed by atoms with Gasteiger partial charge in [-0.15, -0.1) is 0 Å². The average Bonchev–Trinajstić information content (AvgIpc) is 3.73. The third-order valence-electron chi connectivity index (χ3n) is 12.1. The molecule has 52 heavy (non-hydrogen) atoms. The summed E-state index contributed by atoms with van der Waals surface area (Å²) in [5.74, 6) is 1.40. The van der Waals surface area contributed by atoms with Gasteiger partial charge < -0.3 is 15.4 Å². The minimum atomic E-state index is -0.261. The van der Waals surface area contributed by atoms with Crippen LogP contribution in [0.15, 0.2) is 174 Å². The zero-order valence-electron chi connectivity index (χ0n) is 29.3. The Balaban J connectivity index is 0.945. The van der Waals surface area contributed by atoms with E-state index in [2.05, 4.69) is 176 Å². The Kier molecular flexibility index (Phi) is 6.25. The van der Waals surface area contributed by atoms with E-state index in [1.54, 1.807) is 0 Å². The number of anilines is 1. The summed E-state index contributed by atoms with van der Waals surface area (Å²) in [5.41, 5.74) is 15.5. The van der Waals surface area contributed by atoms with E-state index in [0.29, 0.717) is 5.92 Å². The Morgan fingerprint density at radius 3 is 2.35 bits per heavy atom. The molecule has 3 atom stereocenters. The summed E-state index contributed by atoms with van der Waals surface area (Å²) in [6.45, 7) is 4.79. The summed E-state index contributed by atoms with van der Waals surface area (Å²) >= 11 is 0. The molecule has 0 amide bonds. The normalized spacial score (nSPS) is 22.7. The molecule has 0 bridgehead atoms. The fourth-order valence-corrected chi connectivity index (χ4v) is 9.25. The molecular weight excluding hydrogens is 633 g/mol. The molecule has 250 valence electrons. The number of fused-ring (bicyclic) bond motifs is 9. The quantitative estimate of drug-likeness (QED) is 0.187. The molecule has 3 unspecified atom stereocenters. The van der Waals surface area contributed by atoms with Crippen molar-refractivity contribution in [1.29, 1.82) is 0 Å². The van der Waals surface area contributed by atoms with Crippen molar-refractivity contribution in [3.8, 4) is 28.0 Å². The van der Waals surface area contributed by atoms with Gasteiger partial charge in [-0.05, 0) is 109 Å². The number of benzene rings is 5. The highest BCUT2D eigenvalue weighted by Gasteiger charge is 2.40. The lowest BCUT2D eigenvalue weighted by atomic mass is 9.75. The Hall–Kier alpha value is -6.06. The summed E-state index contributed by atoms with van der Waals surface area (Å²) < 4.78 is 6.77. The Morgan fingerprint density at radius 2 is 1.44 bits per heavy atom. The van der Waals surface area contributed by atoms with Crippen molar-refractivity contribution in [1.82, 2.24) is 5.32 Å². The summed E-state index contributed by atoms with van der Waals surface area (Å²) in [6, 6.07) is 32.1. The van der Waals surface area contributed by atoms with Gasteiger partial charge in [-0.2, -0.15) is 0 Å². The first kappa shape index (κ1) is 29.6. The van der Waals surface area contributed by atoms with Crippen LogP contribution in [0.1, 0.15) is 31.4 Å². The van der Waals surface area contributed by atoms with Crippen molar-refractivity contribution in [3.05, 3.63) is 185 Å². The van der Waals surface area contributed by atoms with Gasteiger partial charge in [0.25, 0.3) is 0 Å². The lowest BCUT2D eigenvalue weighted by molar-refractivity contribution is 0.295. The van der Waals surface area contributed by atoms with Crippen LogP contribution in [0.4, 0.5) is 5.69 Å². The molecule has 11 rings (SSSR count). The first-order chi connectivity index (χ1) is 25.5. The predicted octanol–water partition coefficient (Wildman–Crippen LogP) is 11.5. The van der Waals surface area contributed by atoms with Crippen LogP contribution in [-0.4, -0.2) is 12.3 Å². The Bertz CT molecular complexity index is 2670. The minimum absolute atomic E-state index is 0.0333. The van der Waals surface area contributed by atoms with Crippen molar-refractivity contribution >= 4 is 32.8 Å². The maximum atomic E-state index is 6.77. The van der Waals surface area contributed by atoms with Crippen LogP contribution in [0.5, 0.6) is 5.75 Å². The van der Waals surface area contributed by atoms with Crippen LogP contribution in [0, 0.1) is 5.92 Å². The molecule has 0 aromatic heterocycles. The molecule has 3 nitrogen and oxygen atoms in total. The second-order valence-corrected chi connectivity index (χ2v) is 15.4. The summed E-state index contributed by atoms with van der Waals surface area (Å²) in [5, 5.41) is 11.9. The zero-order chi connectivity index (χ0) is 34.6. The second kappa shape index (κ2) is 11.0. The summed E-state index contributed by atoms with van der Waals surface area (Å²) in [6.07, 6.45) is 25.1. The fraction of sp³-hybridized carbons (Fsp3) is 0.143. The van der Waals surface area contributed by atoms with Gasteiger partial charge in [0.05, 0.1) is 11.7 Å². The highest BCUT2D eigenvalue weighted by Crippen LogP contribution is 2.53. The Morgan fingerprint density at radius 1 is 0.692 bits per heavy atom. The van der Waals surface area contributed by atoms with E-state index in [9.17, 15) is 0 Å². The molecule has 3 heteroatoms. The van der Waals surface area contributed by atoms with E-state index in [0.717, 1.165) is 28.8 Å². The number of hydrogen-bond acceptors (Lipinski definition) is 3. The highest BCUT2D eigenvalue weighted by atomic mass is 16.5. The molecule has 0 saturated carbocycles. The number of allylic oxidation sites excluding steroid dienone is 10. The third kappa shape index (κ3) is 4.45. The van der Waals surface area contributed by atoms with Crippen LogP contribution in [-0.2, 0) is 5.41 Å². The van der Waals surface area contributed by atoms with Crippen LogP contribution < -0.4 is 15.4 Å². The smallest absolute Gasteiger partial charge is 0.198 e. The lowest BCUT2D eigenvalue weighted by Gasteiger charge is -2.28. The first-order valence-corrected chi connectivity index (χ1v) is 18.5. The van der Waals surface area contributed by atoms with Crippen molar-refractivity contribution in [2.45, 2.75) is 38.0 Å². The Labute approximate surface area is 304 Å². The van der Waals surface area contributed by atoms with E-state index in [-0.39, 0.29) is 17.7 Å². The van der Waals surface area contributed by atoms with Crippen LogP contribution in [0.25, 0.3) is 49.4 Å². The number of nitrogens with one attached hydrogen (secondary N) is 2. The molecule has 0 saturated heterocycles. The molecule has 6 aliphatic rings. The van der Waals surface area contributed by atoms with Crippen molar-refractivity contribution in [2.75, 3.05) is 5.32 Å². The van der Waals surface area contributed by atoms with Crippen molar-refractivity contribution in [3.63, 3.8) is 0 Å². The van der Waals surface area contributed by atoms with Crippen LogP contribution >= 0.6 is 0 Å². The van der Waals surface area contributed by atoms with E-state index < -0.39 is 0 Å². The van der Waals surface area contributed by atoms with Gasteiger partial charge in [0.15, 0.2) is 12.0 Å². The monoisotopic (exact) mass is 670 g/mol. The van der Waals surface area contributed by atoms with Crippen molar-refractivity contribution < 1.29 is 4.74 Å². The summed E-state index contributed by atoms with van der Waals surface area (Å²) in [4.78, 5) is 0. The number of dihydropyridines is 1. The second-order valence-electron chi connectivity index (χ2n) is 15.4. The SMILES string of the molecule is CC1(C)C2=C(CC3C=CC=CC3=C2)c2ccc(-c3cccc(-c4ccc5ccc6ccc7c(c6c5c4)OC(C4=CNC5C=CC=CC5=C4)N7)c3)cc21. The van der Waals surface area contributed by atoms with E-state index in [1.807, 2.05) is 0 Å². The molecular formula is C49H38N2O.